The van der Waals surface area contributed by atoms with Gasteiger partial charge in [0.25, 0.3) is 0 Å². The largest absolute Gasteiger partial charge is 0.465 e. The molecule has 0 bridgehead atoms. The number of carbonyl (C=O) groups excluding carboxylic acids is 1. The maximum absolute atomic E-state index is 14.9. The van der Waals surface area contributed by atoms with E-state index in [2.05, 4.69) is 39.1 Å². The van der Waals surface area contributed by atoms with E-state index < -0.39 is 11.6 Å². The van der Waals surface area contributed by atoms with Crippen LogP contribution in [0.15, 0.2) is 42.5 Å². The molecule has 2 N–H and O–H groups in total. The number of halogens is 1. The number of nitrogens with one attached hydrogen (secondary N) is 2. The Labute approximate surface area is 185 Å². The first-order valence-electron chi connectivity index (χ1n) is 10.9. The third kappa shape index (κ3) is 3.37. The molecule has 166 valence electrons. The minimum atomic E-state index is -1.36. The fraction of sp³-hybridized carbons (Fsp3) is 0.360. The number of esters is 1. The van der Waals surface area contributed by atoms with Crippen LogP contribution in [0.2, 0.25) is 0 Å². The number of hydrogen-bond acceptors (Lipinski definition) is 4. The van der Waals surface area contributed by atoms with Crippen molar-refractivity contribution in [3.8, 4) is 0 Å². The number of aromatic amines is 2. The number of alkyl halides is 1. The molecule has 5 rings (SSSR count). The van der Waals surface area contributed by atoms with Gasteiger partial charge in [-0.3, -0.25) is 10.00 Å². The highest BCUT2D eigenvalue weighted by atomic mass is 19.1. The summed E-state index contributed by atoms with van der Waals surface area (Å²) in [6, 6.07) is 13.6. The van der Waals surface area contributed by atoms with Crippen molar-refractivity contribution in [2.45, 2.75) is 44.9 Å². The van der Waals surface area contributed by atoms with Crippen molar-refractivity contribution < 1.29 is 13.9 Å². The summed E-state index contributed by atoms with van der Waals surface area (Å²) >= 11 is 0. The van der Waals surface area contributed by atoms with E-state index in [0.29, 0.717) is 11.1 Å². The third-order valence-corrected chi connectivity index (χ3v) is 6.36. The lowest BCUT2D eigenvalue weighted by Crippen LogP contribution is -2.47. The SMILES string of the molecule is COC(=O)c1ccc2c([C@@H]3c4[nH]c5ccccc5c4C[C@@H](C)N3CC(C)(C)F)[nH]nc2c1. The molecule has 6 nitrogen and oxygen atoms in total. The lowest BCUT2D eigenvalue weighted by atomic mass is 9.88. The molecule has 2 aromatic carbocycles. The van der Waals surface area contributed by atoms with Crippen molar-refractivity contribution in [1.82, 2.24) is 20.1 Å². The molecule has 0 fully saturated rings. The van der Waals surface area contributed by atoms with Crippen LogP contribution in [0.5, 0.6) is 0 Å². The predicted molar refractivity (Wildman–Crippen MR) is 123 cm³/mol. The van der Waals surface area contributed by atoms with Gasteiger partial charge >= 0.3 is 5.97 Å². The molecule has 3 heterocycles. The number of rotatable bonds is 4. The molecule has 32 heavy (non-hydrogen) atoms. The van der Waals surface area contributed by atoms with Crippen LogP contribution >= 0.6 is 0 Å². The van der Waals surface area contributed by atoms with E-state index >= 15 is 0 Å². The van der Waals surface area contributed by atoms with Gasteiger partial charge in [-0.1, -0.05) is 18.2 Å². The number of hydrogen-bond donors (Lipinski definition) is 2. The molecule has 4 aromatic rings. The standard InChI is InChI=1S/C25H27FN4O2/c1-14-11-18-16-7-5-6-8-19(16)27-21(18)23(30(14)13-25(2,3)26)22-17-10-9-15(24(31)32-4)12-20(17)28-29-22/h5-10,12,14,23,27H,11,13H2,1-4H3,(H,28,29)/t14-,23+/m1/s1. The van der Waals surface area contributed by atoms with E-state index in [1.807, 2.05) is 18.2 Å². The fourth-order valence-corrected chi connectivity index (χ4v) is 4.98. The molecular weight excluding hydrogens is 407 g/mol. The molecule has 0 aliphatic carbocycles. The number of carbonyl (C=O) groups is 1. The summed E-state index contributed by atoms with van der Waals surface area (Å²) in [5.74, 6) is -0.401. The molecule has 0 spiro atoms. The zero-order chi connectivity index (χ0) is 22.6. The molecule has 2 atom stereocenters. The molecule has 0 saturated carbocycles. The molecular formula is C25H27FN4O2. The van der Waals surface area contributed by atoms with Gasteiger partial charge in [-0.25, -0.2) is 9.18 Å². The number of fused-ring (bicyclic) bond motifs is 4. The fourth-order valence-electron chi connectivity index (χ4n) is 4.98. The quantitative estimate of drug-likeness (QED) is 0.448. The predicted octanol–water partition coefficient (Wildman–Crippen LogP) is 4.91. The number of nitrogens with zero attached hydrogens (tertiary/aromatic N) is 2. The van der Waals surface area contributed by atoms with Gasteiger partial charge in [-0.05, 0) is 57.0 Å². The van der Waals surface area contributed by atoms with E-state index in [0.717, 1.165) is 28.7 Å². The monoisotopic (exact) mass is 434 g/mol. The highest BCUT2D eigenvalue weighted by Gasteiger charge is 2.40. The smallest absolute Gasteiger partial charge is 0.337 e. The first-order chi connectivity index (χ1) is 15.3. The zero-order valence-electron chi connectivity index (χ0n) is 18.7. The molecule has 0 amide bonds. The van der Waals surface area contributed by atoms with E-state index in [4.69, 9.17) is 4.74 Å². The lowest BCUT2D eigenvalue weighted by Gasteiger charge is -2.42. The Bertz CT molecular complexity index is 1320. The Balaban J connectivity index is 1.71. The minimum absolute atomic E-state index is 0.134. The molecule has 2 aromatic heterocycles. The van der Waals surface area contributed by atoms with Crippen LogP contribution < -0.4 is 0 Å². The summed E-state index contributed by atoms with van der Waals surface area (Å²) in [7, 11) is 1.36. The van der Waals surface area contributed by atoms with Crippen molar-refractivity contribution in [3.63, 3.8) is 0 Å². The number of methoxy groups -OCH3 is 1. The van der Waals surface area contributed by atoms with Crippen molar-refractivity contribution in [3.05, 3.63) is 65.0 Å². The number of H-pyrrole nitrogens is 2. The first kappa shape index (κ1) is 20.7. The van der Waals surface area contributed by atoms with Crippen molar-refractivity contribution in [1.29, 1.82) is 0 Å². The average molecular weight is 435 g/mol. The van der Waals surface area contributed by atoms with E-state index in [1.54, 1.807) is 26.0 Å². The van der Waals surface area contributed by atoms with Crippen LogP contribution in [-0.4, -0.2) is 51.4 Å². The minimum Gasteiger partial charge on any atom is -0.465 e. The first-order valence-corrected chi connectivity index (χ1v) is 10.9. The van der Waals surface area contributed by atoms with Crippen molar-refractivity contribution in [2.75, 3.05) is 13.7 Å². The maximum atomic E-state index is 14.9. The van der Waals surface area contributed by atoms with Gasteiger partial charge in [0.15, 0.2) is 0 Å². The van der Waals surface area contributed by atoms with Crippen LogP contribution in [0.25, 0.3) is 21.8 Å². The lowest BCUT2D eigenvalue weighted by molar-refractivity contribution is 0.0600. The second-order valence-corrected chi connectivity index (χ2v) is 9.27. The summed E-state index contributed by atoms with van der Waals surface area (Å²) in [6.45, 7) is 5.67. The van der Waals surface area contributed by atoms with Gasteiger partial charge in [-0.2, -0.15) is 5.10 Å². The number of aromatic nitrogens is 3. The van der Waals surface area contributed by atoms with Crippen LogP contribution in [0, 0.1) is 0 Å². The summed E-state index contributed by atoms with van der Waals surface area (Å²) in [6.07, 6.45) is 0.838. The van der Waals surface area contributed by atoms with Gasteiger partial charge in [0.1, 0.15) is 5.67 Å². The Morgan fingerprint density at radius 2 is 2.00 bits per heavy atom. The van der Waals surface area contributed by atoms with Gasteiger partial charge in [0.2, 0.25) is 0 Å². The number of benzene rings is 2. The third-order valence-electron chi connectivity index (χ3n) is 6.36. The topological polar surface area (TPSA) is 74.0 Å². The van der Waals surface area contributed by atoms with Crippen LogP contribution in [0.3, 0.4) is 0 Å². The van der Waals surface area contributed by atoms with E-state index in [9.17, 15) is 9.18 Å². The van der Waals surface area contributed by atoms with Crippen LogP contribution in [0.4, 0.5) is 4.39 Å². The summed E-state index contributed by atoms with van der Waals surface area (Å²) in [5.41, 5.74) is 4.06. The molecule has 0 radical (unpaired) electrons. The maximum Gasteiger partial charge on any atom is 0.337 e. The van der Waals surface area contributed by atoms with Gasteiger partial charge in [-0.15, -0.1) is 0 Å². The van der Waals surface area contributed by atoms with Crippen LogP contribution in [0.1, 0.15) is 54.1 Å². The Morgan fingerprint density at radius 3 is 2.75 bits per heavy atom. The highest BCUT2D eigenvalue weighted by molar-refractivity contribution is 5.95. The molecule has 1 aliphatic rings. The average Bonchev–Trinajstić information content (AvgIpc) is 3.34. The second-order valence-electron chi connectivity index (χ2n) is 9.27. The Morgan fingerprint density at radius 1 is 1.22 bits per heavy atom. The molecule has 0 unspecified atom stereocenters. The number of para-hydroxylation sites is 1. The molecule has 1 aliphatic heterocycles. The summed E-state index contributed by atoms with van der Waals surface area (Å²) in [5, 5.41) is 9.80. The van der Waals surface area contributed by atoms with E-state index in [1.165, 1.54) is 18.1 Å². The van der Waals surface area contributed by atoms with Crippen LogP contribution in [-0.2, 0) is 11.2 Å². The Hall–Kier alpha value is -3.19. The van der Waals surface area contributed by atoms with Crippen molar-refractivity contribution in [2.24, 2.45) is 0 Å². The second kappa shape index (κ2) is 7.45. The Kier molecular flexibility index (Phi) is 4.82. The highest BCUT2D eigenvalue weighted by Crippen LogP contribution is 2.42. The molecule has 7 heteroatoms. The van der Waals surface area contributed by atoms with E-state index in [-0.39, 0.29) is 18.6 Å². The van der Waals surface area contributed by atoms with Crippen molar-refractivity contribution >= 4 is 27.8 Å². The van der Waals surface area contributed by atoms with Gasteiger partial charge in [0.05, 0.1) is 29.9 Å². The summed E-state index contributed by atoms with van der Waals surface area (Å²) in [4.78, 5) is 17.8. The van der Waals surface area contributed by atoms with Gasteiger partial charge in [0, 0.05) is 34.6 Å². The van der Waals surface area contributed by atoms with Gasteiger partial charge < -0.3 is 9.72 Å². The number of ether oxygens (including phenoxy) is 1. The zero-order valence-corrected chi connectivity index (χ0v) is 18.7. The summed E-state index contributed by atoms with van der Waals surface area (Å²) < 4.78 is 19.8. The molecule has 0 saturated heterocycles. The normalized spacial score (nSPS) is 19.4.